The minimum absolute atomic E-state index is 0.236. The van der Waals surface area contributed by atoms with Crippen LogP contribution in [0.3, 0.4) is 0 Å². The number of hydrogen-bond acceptors (Lipinski definition) is 7. The number of fused-ring (bicyclic) bond motifs is 2. The van der Waals surface area contributed by atoms with E-state index in [1.54, 1.807) is 0 Å². The second-order valence-electron chi connectivity index (χ2n) is 8.47. The lowest BCUT2D eigenvalue weighted by Crippen LogP contribution is -2.53. The number of anilines is 1. The van der Waals surface area contributed by atoms with E-state index >= 15 is 0 Å². The maximum absolute atomic E-state index is 12.6. The zero-order chi connectivity index (χ0) is 20.1. The zero-order valence-corrected chi connectivity index (χ0v) is 18.4. The van der Waals surface area contributed by atoms with Crippen LogP contribution < -0.4 is 9.62 Å². The van der Waals surface area contributed by atoms with Crippen molar-refractivity contribution in [3.63, 3.8) is 0 Å². The molecule has 0 aliphatic carbocycles. The minimum atomic E-state index is -3.52. The Labute approximate surface area is 176 Å². The molecule has 1 spiro atoms. The third-order valence-electron chi connectivity index (χ3n) is 6.51. The van der Waals surface area contributed by atoms with Crippen molar-refractivity contribution in [1.29, 1.82) is 0 Å². The molecule has 2 aromatic rings. The molecule has 2 saturated heterocycles. The van der Waals surface area contributed by atoms with Gasteiger partial charge in [-0.3, -0.25) is 4.90 Å². The van der Waals surface area contributed by atoms with E-state index in [9.17, 15) is 8.42 Å². The number of nitrogens with one attached hydrogen (secondary N) is 1. The lowest BCUT2D eigenvalue weighted by molar-refractivity contribution is 0.148. The molecule has 0 amide bonds. The van der Waals surface area contributed by atoms with Gasteiger partial charge in [-0.25, -0.2) is 23.1 Å². The summed E-state index contributed by atoms with van der Waals surface area (Å²) in [5.41, 5.74) is 0.500. The maximum atomic E-state index is 12.6. The van der Waals surface area contributed by atoms with Crippen LogP contribution in [0, 0.1) is 6.92 Å². The fourth-order valence-corrected chi connectivity index (χ4v) is 7.01. The molecule has 0 atom stereocenters. The van der Waals surface area contributed by atoms with Crippen LogP contribution in [0.25, 0.3) is 0 Å². The first kappa shape index (κ1) is 19.4. The number of hydrogen-bond donors (Lipinski definition) is 1. The largest absolute Gasteiger partial charge is 0.341 e. The normalized spacial score (nSPS) is 23.4. The molecule has 0 saturated carbocycles. The molecule has 0 bridgehead atoms. The summed E-state index contributed by atoms with van der Waals surface area (Å²) in [6.07, 6.45) is 5.62. The monoisotopic (exact) mass is 433 g/mol. The Morgan fingerprint density at radius 2 is 1.93 bits per heavy atom. The molecule has 3 aliphatic heterocycles. The second-order valence-corrected chi connectivity index (χ2v) is 11.6. The summed E-state index contributed by atoms with van der Waals surface area (Å²) >= 11 is 1.85. The number of aromatic nitrogens is 2. The third-order valence-corrected chi connectivity index (χ3v) is 8.90. The van der Waals surface area contributed by atoms with Crippen LogP contribution in [-0.4, -0.2) is 56.0 Å². The van der Waals surface area contributed by atoms with Gasteiger partial charge in [0.05, 0.1) is 11.9 Å². The number of thiophene rings is 1. The molecule has 2 aromatic heterocycles. The number of likely N-dealkylation sites (tertiary alicyclic amines) is 1. The molecule has 5 heterocycles. The zero-order valence-electron chi connectivity index (χ0n) is 16.7. The highest BCUT2D eigenvalue weighted by Gasteiger charge is 2.46. The van der Waals surface area contributed by atoms with Gasteiger partial charge in [0, 0.05) is 41.3 Å². The van der Waals surface area contributed by atoms with Gasteiger partial charge in [0.15, 0.2) is 0 Å². The van der Waals surface area contributed by atoms with Crippen molar-refractivity contribution in [1.82, 2.24) is 19.6 Å². The average Bonchev–Trinajstić information content (AvgIpc) is 3.39. The van der Waals surface area contributed by atoms with Gasteiger partial charge in [0.2, 0.25) is 16.0 Å². The van der Waals surface area contributed by atoms with Crippen molar-refractivity contribution in [2.24, 2.45) is 0 Å². The molecular weight excluding hydrogens is 406 g/mol. The molecule has 7 nitrogen and oxygen atoms in total. The fourth-order valence-electron chi connectivity index (χ4n) is 4.75. The summed E-state index contributed by atoms with van der Waals surface area (Å²) in [4.78, 5) is 16.9. The Balaban J connectivity index is 1.42. The van der Waals surface area contributed by atoms with Crippen LogP contribution in [0.15, 0.2) is 23.2 Å². The number of piperidine rings is 1. The average molecular weight is 434 g/mol. The van der Waals surface area contributed by atoms with Crippen molar-refractivity contribution in [2.75, 3.05) is 37.6 Å². The van der Waals surface area contributed by atoms with Gasteiger partial charge < -0.3 is 4.90 Å². The van der Waals surface area contributed by atoms with Crippen LogP contribution in [-0.2, 0) is 22.0 Å². The molecule has 0 aromatic carbocycles. The molecule has 0 radical (unpaired) electrons. The topological polar surface area (TPSA) is 78.4 Å². The van der Waals surface area contributed by atoms with Crippen molar-refractivity contribution in [2.45, 2.75) is 49.5 Å². The Morgan fingerprint density at radius 1 is 1.17 bits per heavy atom. The van der Waals surface area contributed by atoms with Crippen molar-refractivity contribution < 1.29 is 8.42 Å². The molecule has 156 valence electrons. The van der Waals surface area contributed by atoms with Gasteiger partial charge in [-0.15, -0.1) is 11.3 Å². The first-order valence-electron chi connectivity index (χ1n) is 10.4. The maximum Gasteiger partial charge on any atom is 0.243 e. The van der Waals surface area contributed by atoms with E-state index in [4.69, 9.17) is 4.98 Å². The lowest BCUT2D eigenvalue weighted by atomic mass is 9.75. The molecule has 9 heteroatoms. The van der Waals surface area contributed by atoms with Crippen molar-refractivity contribution >= 4 is 27.3 Å². The molecular formula is C20H27N5O2S2. The predicted octanol–water partition coefficient (Wildman–Crippen LogP) is 2.27. The van der Waals surface area contributed by atoms with Crippen LogP contribution in [0.2, 0.25) is 0 Å². The van der Waals surface area contributed by atoms with E-state index in [-0.39, 0.29) is 10.3 Å². The molecule has 1 N–H and O–H groups in total. The van der Waals surface area contributed by atoms with E-state index < -0.39 is 10.0 Å². The summed E-state index contributed by atoms with van der Waals surface area (Å²) in [7, 11) is -3.52. The smallest absolute Gasteiger partial charge is 0.243 e. The van der Waals surface area contributed by atoms with Crippen LogP contribution in [0.4, 0.5) is 5.95 Å². The van der Waals surface area contributed by atoms with Crippen LogP contribution in [0.5, 0.6) is 0 Å². The van der Waals surface area contributed by atoms with E-state index in [1.807, 2.05) is 11.3 Å². The van der Waals surface area contributed by atoms with Gasteiger partial charge in [-0.1, -0.05) is 0 Å². The summed E-state index contributed by atoms with van der Waals surface area (Å²) in [6, 6.07) is 4.39. The number of rotatable bonds is 3. The van der Waals surface area contributed by atoms with Crippen LogP contribution >= 0.6 is 11.3 Å². The Bertz CT molecular complexity index is 1010. The van der Waals surface area contributed by atoms with E-state index in [2.05, 4.69) is 38.6 Å². The predicted molar refractivity (Wildman–Crippen MR) is 114 cm³/mol. The molecule has 3 aliphatic rings. The quantitative estimate of drug-likeness (QED) is 0.800. The molecule has 0 unspecified atom stereocenters. The molecule has 29 heavy (non-hydrogen) atoms. The van der Waals surface area contributed by atoms with Gasteiger partial charge in [-0.05, 0) is 57.8 Å². The fraction of sp³-hybridized carbons (Fsp3) is 0.600. The third kappa shape index (κ3) is 3.58. The van der Waals surface area contributed by atoms with E-state index in [1.165, 1.54) is 16.0 Å². The standard InChI is InChI=1S/C20H27N5O2S2/c1-15-4-5-16(28-15)13-24-10-6-20(7-11-24)14-22-29(26,27)17-12-21-19(23-18(17)20)25-8-2-3-9-25/h4-5,12,22H,2-3,6-11,13-14H2,1H3. The highest BCUT2D eigenvalue weighted by Crippen LogP contribution is 2.41. The number of aryl methyl sites for hydroxylation is 1. The van der Waals surface area contributed by atoms with Gasteiger partial charge in [-0.2, -0.15) is 0 Å². The van der Waals surface area contributed by atoms with Crippen LogP contribution in [0.1, 0.15) is 41.1 Å². The van der Waals surface area contributed by atoms with Gasteiger partial charge in [0.25, 0.3) is 0 Å². The molecule has 2 fully saturated rings. The highest BCUT2D eigenvalue weighted by atomic mass is 32.2. The van der Waals surface area contributed by atoms with E-state index in [0.29, 0.717) is 12.5 Å². The van der Waals surface area contributed by atoms with Crippen molar-refractivity contribution in [3.8, 4) is 0 Å². The van der Waals surface area contributed by atoms with E-state index in [0.717, 1.165) is 64.1 Å². The van der Waals surface area contributed by atoms with Gasteiger partial charge >= 0.3 is 0 Å². The minimum Gasteiger partial charge on any atom is -0.341 e. The summed E-state index contributed by atoms with van der Waals surface area (Å²) < 4.78 is 28.0. The summed E-state index contributed by atoms with van der Waals surface area (Å²) in [5.74, 6) is 0.689. The SMILES string of the molecule is Cc1ccc(CN2CCC3(CC2)CNS(=O)(=O)c2cnc(N4CCCC4)nc23)s1. The Kier molecular flexibility index (Phi) is 4.89. The Hall–Kier alpha value is -1.55. The number of sulfonamides is 1. The number of nitrogens with zero attached hydrogens (tertiary/aromatic N) is 4. The Morgan fingerprint density at radius 3 is 2.62 bits per heavy atom. The van der Waals surface area contributed by atoms with Crippen molar-refractivity contribution in [3.05, 3.63) is 33.8 Å². The first-order valence-corrected chi connectivity index (χ1v) is 12.7. The van der Waals surface area contributed by atoms with Gasteiger partial charge in [0.1, 0.15) is 4.90 Å². The first-order chi connectivity index (χ1) is 14.0. The summed E-state index contributed by atoms with van der Waals surface area (Å²) in [6.45, 7) is 7.33. The highest BCUT2D eigenvalue weighted by molar-refractivity contribution is 7.89. The molecule has 5 rings (SSSR count). The summed E-state index contributed by atoms with van der Waals surface area (Å²) in [5, 5.41) is 0. The lowest BCUT2D eigenvalue weighted by Gasteiger charge is -2.44. The second kappa shape index (κ2) is 7.30.